The van der Waals surface area contributed by atoms with Crippen LogP contribution in [0.2, 0.25) is 0 Å². The molecule has 0 bridgehead atoms. The van der Waals surface area contributed by atoms with Crippen LogP contribution in [0.3, 0.4) is 0 Å². The third-order valence-electron chi connectivity index (χ3n) is 9.75. The first-order valence-corrected chi connectivity index (χ1v) is 18.8. The van der Waals surface area contributed by atoms with Crippen LogP contribution in [0.5, 0.6) is 11.5 Å². The number of hydrogen-bond donors (Lipinski definition) is 3. The SMILES string of the molecule is CC(C)C(=N)SC(=N)c1ccc(Oc2cc(C(=O)NC3CC4(C3)CN(C3CCS(=O)(=O)CC3)C4)ccc2CN2CCCC2=O)cc1. The lowest BCUT2D eigenvalue weighted by atomic mass is 9.60. The number of likely N-dealkylation sites (tertiary alicyclic amines) is 2. The van der Waals surface area contributed by atoms with Crippen LogP contribution in [0.1, 0.15) is 73.9 Å². The van der Waals surface area contributed by atoms with E-state index in [0.29, 0.717) is 69.8 Å². The van der Waals surface area contributed by atoms with Crippen LogP contribution in [0.15, 0.2) is 42.5 Å². The normalized spacial score (nSPS) is 21.2. The number of nitrogens with zero attached hydrogens (tertiary/aromatic N) is 2. The van der Waals surface area contributed by atoms with Crippen molar-refractivity contribution in [3.8, 4) is 11.5 Å². The van der Waals surface area contributed by atoms with Gasteiger partial charge in [0.25, 0.3) is 5.91 Å². The van der Waals surface area contributed by atoms with Crippen molar-refractivity contribution in [1.29, 1.82) is 10.8 Å². The maximum Gasteiger partial charge on any atom is 0.251 e. The molecule has 46 heavy (non-hydrogen) atoms. The molecule has 0 atom stereocenters. The van der Waals surface area contributed by atoms with E-state index < -0.39 is 9.84 Å². The summed E-state index contributed by atoms with van der Waals surface area (Å²) in [6.07, 6.45) is 4.67. The molecule has 6 rings (SSSR count). The van der Waals surface area contributed by atoms with Crippen molar-refractivity contribution < 1.29 is 22.7 Å². The number of carbonyl (C=O) groups excluding carboxylic acids is 2. The minimum absolute atomic E-state index is 0.0588. The number of ether oxygens (including phenoxy) is 1. The molecule has 2 amide bonds. The maximum atomic E-state index is 13.4. The van der Waals surface area contributed by atoms with Gasteiger partial charge in [-0.3, -0.25) is 25.3 Å². The maximum absolute atomic E-state index is 13.4. The number of carbonyl (C=O) groups is 2. The molecule has 0 aromatic heterocycles. The van der Waals surface area contributed by atoms with Crippen molar-refractivity contribution in [2.24, 2.45) is 11.3 Å². The predicted molar refractivity (Wildman–Crippen MR) is 181 cm³/mol. The quantitative estimate of drug-likeness (QED) is 0.251. The van der Waals surface area contributed by atoms with Crippen molar-refractivity contribution >= 4 is 43.5 Å². The molecule has 2 aromatic rings. The van der Waals surface area contributed by atoms with E-state index in [4.69, 9.17) is 15.6 Å². The van der Waals surface area contributed by atoms with E-state index in [9.17, 15) is 18.0 Å². The molecule has 246 valence electrons. The Labute approximate surface area is 275 Å². The fraction of sp³-hybridized carbons (Fsp3) is 0.529. The fourth-order valence-electron chi connectivity index (χ4n) is 7.02. The van der Waals surface area contributed by atoms with Gasteiger partial charge in [0.05, 0.1) is 16.5 Å². The Morgan fingerprint density at radius 1 is 1.07 bits per heavy atom. The monoisotopic (exact) mass is 665 g/mol. The van der Waals surface area contributed by atoms with Crippen LogP contribution in [-0.2, 0) is 21.2 Å². The van der Waals surface area contributed by atoms with Gasteiger partial charge in [-0.2, -0.15) is 0 Å². The highest BCUT2D eigenvalue weighted by Gasteiger charge is 2.54. The average Bonchev–Trinajstić information content (AvgIpc) is 3.38. The number of hydrogen-bond acceptors (Lipinski definition) is 9. The number of nitrogens with one attached hydrogen (secondary N) is 3. The lowest BCUT2D eigenvalue weighted by Gasteiger charge is -2.61. The van der Waals surface area contributed by atoms with E-state index in [0.717, 1.165) is 62.5 Å². The molecule has 1 spiro atoms. The van der Waals surface area contributed by atoms with Gasteiger partial charge in [0.1, 0.15) is 26.4 Å². The lowest BCUT2D eigenvalue weighted by Crippen LogP contribution is -2.68. The van der Waals surface area contributed by atoms with Gasteiger partial charge in [0.2, 0.25) is 5.91 Å². The topological polar surface area (TPSA) is 144 Å². The summed E-state index contributed by atoms with van der Waals surface area (Å²) >= 11 is 1.14. The van der Waals surface area contributed by atoms with Crippen LogP contribution in [0.25, 0.3) is 0 Å². The van der Waals surface area contributed by atoms with Crippen LogP contribution in [-0.4, -0.2) is 83.3 Å². The summed E-state index contributed by atoms with van der Waals surface area (Å²) in [6.45, 7) is 6.92. The van der Waals surface area contributed by atoms with Gasteiger partial charge in [0, 0.05) is 67.3 Å². The molecule has 4 fully saturated rings. The molecular weight excluding hydrogens is 623 g/mol. The Morgan fingerprint density at radius 2 is 1.74 bits per heavy atom. The van der Waals surface area contributed by atoms with E-state index in [-0.39, 0.29) is 29.2 Å². The van der Waals surface area contributed by atoms with Crippen molar-refractivity contribution in [2.45, 2.75) is 71.0 Å². The zero-order chi connectivity index (χ0) is 32.6. The van der Waals surface area contributed by atoms with Crippen molar-refractivity contribution in [3.63, 3.8) is 0 Å². The third kappa shape index (κ3) is 7.34. The van der Waals surface area contributed by atoms with Gasteiger partial charge < -0.3 is 15.0 Å². The Kier molecular flexibility index (Phi) is 9.33. The minimum Gasteiger partial charge on any atom is -0.457 e. The summed E-state index contributed by atoms with van der Waals surface area (Å²) in [7, 11) is -2.86. The molecule has 3 N–H and O–H groups in total. The third-order valence-corrected chi connectivity index (χ3v) is 12.6. The van der Waals surface area contributed by atoms with Gasteiger partial charge in [0.15, 0.2) is 0 Å². The van der Waals surface area contributed by atoms with Gasteiger partial charge >= 0.3 is 0 Å². The largest absolute Gasteiger partial charge is 0.457 e. The Bertz CT molecular complexity index is 1610. The molecule has 12 heteroatoms. The molecule has 4 aliphatic rings. The van der Waals surface area contributed by atoms with Gasteiger partial charge in [-0.1, -0.05) is 31.7 Å². The van der Waals surface area contributed by atoms with Crippen LogP contribution >= 0.6 is 11.8 Å². The number of sulfone groups is 1. The summed E-state index contributed by atoms with van der Waals surface area (Å²) in [6, 6.07) is 13.0. The molecule has 3 aliphatic heterocycles. The number of rotatable bonds is 9. The van der Waals surface area contributed by atoms with E-state index in [1.165, 1.54) is 0 Å². The summed E-state index contributed by atoms with van der Waals surface area (Å²) < 4.78 is 29.9. The zero-order valence-electron chi connectivity index (χ0n) is 26.5. The molecule has 1 saturated carbocycles. The first kappa shape index (κ1) is 32.7. The summed E-state index contributed by atoms with van der Waals surface area (Å²) in [4.78, 5) is 30.0. The van der Waals surface area contributed by atoms with Crippen LogP contribution in [0.4, 0.5) is 0 Å². The van der Waals surface area contributed by atoms with Gasteiger partial charge in [-0.05, 0) is 73.9 Å². The first-order chi connectivity index (χ1) is 21.9. The molecule has 1 aliphatic carbocycles. The standard InChI is InChI=1S/C34H43N5O5S2/c1-22(2)31(35)45-32(36)23-7-9-28(10-8-23)44-29-16-24(5-6-25(29)19-38-13-3-4-30(38)40)33(41)37-26-17-34(18-26)20-39(21-34)27-11-14-46(42,43)15-12-27/h5-10,16,22,26-27,35-36H,3-4,11-15,17-21H2,1-2H3,(H,37,41). The molecule has 2 aromatic carbocycles. The highest BCUT2D eigenvalue weighted by Crippen LogP contribution is 2.50. The Balaban J connectivity index is 1.08. The molecular formula is C34H43N5O5S2. The van der Waals surface area contributed by atoms with Crippen LogP contribution in [0, 0.1) is 22.2 Å². The second kappa shape index (κ2) is 13.1. The first-order valence-electron chi connectivity index (χ1n) is 16.2. The highest BCUT2D eigenvalue weighted by molar-refractivity contribution is 8.26. The average molecular weight is 666 g/mol. The summed E-state index contributed by atoms with van der Waals surface area (Å²) in [5.41, 5.74) is 2.23. The zero-order valence-corrected chi connectivity index (χ0v) is 28.1. The van der Waals surface area contributed by atoms with Gasteiger partial charge in [-0.25, -0.2) is 8.42 Å². The van der Waals surface area contributed by atoms with Crippen molar-refractivity contribution in [1.82, 2.24) is 15.1 Å². The number of amides is 2. The Morgan fingerprint density at radius 3 is 2.37 bits per heavy atom. The summed E-state index contributed by atoms with van der Waals surface area (Å²) in [5.74, 6) is 1.66. The molecule has 0 unspecified atom stereocenters. The second-order valence-electron chi connectivity index (χ2n) is 13.7. The van der Waals surface area contributed by atoms with Crippen molar-refractivity contribution in [2.75, 3.05) is 31.1 Å². The van der Waals surface area contributed by atoms with E-state index in [2.05, 4.69) is 10.2 Å². The highest BCUT2D eigenvalue weighted by atomic mass is 32.2. The smallest absolute Gasteiger partial charge is 0.251 e. The Hall–Kier alpha value is -3.22. The number of thioether (sulfide) groups is 1. The van der Waals surface area contributed by atoms with Crippen molar-refractivity contribution in [3.05, 3.63) is 59.2 Å². The minimum atomic E-state index is -2.86. The van der Waals surface area contributed by atoms with E-state index >= 15 is 0 Å². The second-order valence-corrected chi connectivity index (χ2v) is 17.0. The molecule has 3 saturated heterocycles. The van der Waals surface area contributed by atoms with E-state index in [1.807, 2.05) is 24.8 Å². The van der Waals surface area contributed by atoms with E-state index in [1.54, 1.807) is 36.4 Å². The predicted octanol–water partition coefficient (Wildman–Crippen LogP) is 5.06. The van der Waals surface area contributed by atoms with Crippen LogP contribution < -0.4 is 10.1 Å². The van der Waals surface area contributed by atoms with Gasteiger partial charge in [-0.15, -0.1) is 0 Å². The molecule has 10 nitrogen and oxygen atoms in total. The lowest BCUT2D eigenvalue weighted by molar-refractivity contribution is -0.128. The molecule has 3 heterocycles. The summed E-state index contributed by atoms with van der Waals surface area (Å²) in [5, 5.41) is 20.4. The molecule has 0 radical (unpaired) electrons. The number of benzene rings is 2. The fourth-order valence-corrected chi connectivity index (χ4v) is 9.19.